The van der Waals surface area contributed by atoms with Crippen molar-refractivity contribution >= 4 is 27.1 Å². The van der Waals surface area contributed by atoms with Crippen LogP contribution in [0.2, 0.25) is 18.1 Å². The van der Waals surface area contributed by atoms with Crippen LogP contribution < -0.4 is 0 Å². The van der Waals surface area contributed by atoms with E-state index in [1.807, 2.05) is 0 Å². The molecule has 0 amide bonds. The molecule has 7 heteroatoms. The predicted octanol–water partition coefficient (Wildman–Crippen LogP) is 2.59. The second-order valence-electron chi connectivity index (χ2n) is 5.58. The maximum absolute atomic E-state index is 6.34. The van der Waals surface area contributed by atoms with Gasteiger partial charge in [0.2, 0.25) is 0 Å². The molecule has 19 heavy (non-hydrogen) atoms. The molecule has 0 aliphatic carbocycles. The minimum Gasteiger partial charge on any atom is -0.420 e. The van der Waals surface area contributed by atoms with Crippen molar-refractivity contribution in [2.24, 2.45) is 5.92 Å². The summed E-state index contributed by atoms with van der Waals surface area (Å²) in [7, 11) is -5.24. The molecule has 1 fully saturated rings. The third kappa shape index (κ3) is 4.76. The van der Waals surface area contributed by atoms with Gasteiger partial charge in [0.15, 0.2) is 0 Å². The van der Waals surface area contributed by atoms with Gasteiger partial charge >= 0.3 is 27.1 Å². The van der Waals surface area contributed by atoms with Crippen LogP contribution in [-0.4, -0.2) is 39.5 Å². The van der Waals surface area contributed by atoms with Crippen LogP contribution >= 0.6 is 0 Å². The minimum absolute atomic E-state index is 0.104. The van der Waals surface area contributed by atoms with Gasteiger partial charge in [-0.2, -0.15) is 0 Å². The Balaban J connectivity index is 2.75. The van der Waals surface area contributed by atoms with E-state index in [1.165, 1.54) is 0 Å². The van der Waals surface area contributed by atoms with Gasteiger partial charge in [-0.3, -0.25) is 0 Å². The highest BCUT2D eigenvalue weighted by molar-refractivity contribution is 6.84. The Morgan fingerprint density at radius 2 is 1.53 bits per heavy atom. The van der Waals surface area contributed by atoms with Crippen LogP contribution in [0.3, 0.4) is 0 Å². The molecule has 114 valence electrons. The largest absolute Gasteiger partial charge is 0.420 e. The first-order chi connectivity index (χ1) is 8.97. The van der Waals surface area contributed by atoms with Crippen molar-refractivity contribution in [3.05, 3.63) is 0 Å². The second-order valence-corrected chi connectivity index (χ2v) is 15.1. The van der Waals surface area contributed by atoms with Crippen LogP contribution in [0.25, 0.3) is 0 Å². The van der Waals surface area contributed by atoms with Gasteiger partial charge < -0.3 is 17.1 Å². The number of ether oxygens (including phenoxy) is 1. The topological polar surface area (TPSA) is 36.9 Å². The zero-order valence-electron chi connectivity index (χ0n) is 13.3. The van der Waals surface area contributed by atoms with E-state index in [9.17, 15) is 0 Å². The molecule has 3 atom stereocenters. The molecule has 0 spiro atoms. The summed E-state index contributed by atoms with van der Waals surface area (Å²) in [6.07, 6.45) is 0. The van der Waals surface area contributed by atoms with Crippen LogP contribution in [0.1, 0.15) is 41.5 Å². The third-order valence-corrected chi connectivity index (χ3v) is 14.9. The molecule has 0 radical (unpaired) electrons. The first-order valence-corrected chi connectivity index (χ1v) is 13.2. The number of hydrogen-bond acceptors (Lipinski definition) is 4. The fourth-order valence-electron chi connectivity index (χ4n) is 2.17. The molecule has 1 rings (SSSR count). The summed E-state index contributed by atoms with van der Waals surface area (Å²) in [5, 5.41) is 0. The highest BCUT2D eigenvalue weighted by atomic mass is 28.5. The zero-order valence-corrected chi connectivity index (χ0v) is 16.6. The molecule has 0 bridgehead atoms. The number of rotatable bonds is 7. The molecule has 1 aliphatic heterocycles. The number of hydrogen-bond donors (Lipinski definition) is 0. The van der Waals surface area contributed by atoms with E-state index in [2.05, 4.69) is 41.5 Å². The quantitative estimate of drug-likeness (QED) is 0.675. The Kier molecular flexibility index (Phi) is 7.44. The Morgan fingerprint density at radius 1 is 1.00 bits per heavy atom. The van der Waals surface area contributed by atoms with Crippen molar-refractivity contribution < 1.29 is 17.1 Å². The van der Waals surface area contributed by atoms with Crippen molar-refractivity contribution in [1.29, 1.82) is 0 Å². The molecular formula is C12H30O4Si3. The van der Waals surface area contributed by atoms with E-state index in [1.54, 1.807) is 0 Å². The minimum atomic E-state index is -2.22. The monoisotopic (exact) mass is 322 g/mol. The second kappa shape index (κ2) is 8.06. The van der Waals surface area contributed by atoms with Gasteiger partial charge in [0.1, 0.15) is 0 Å². The lowest BCUT2D eigenvalue weighted by Crippen LogP contribution is -2.63. The van der Waals surface area contributed by atoms with E-state index in [0.29, 0.717) is 5.92 Å². The zero-order chi connectivity index (χ0) is 14.5. The summed E-state index contributed by atoms with van der Waals surface area (Å²) < 4.78 is 24.7. The SMILES string of the molecule is CC[SiH]1O[SiH](CC)O[Si](CC)(C(C)OCC(C)C)O1. The summed E-state index contributed by atoms with van der Waals surface area (Å²) in [5.74, 6) is 0.545. The molecule has 1 saturated heterocycles. The van der Waals surface area contributed by atoms with E-state index < -0.39 is 27.1 Å². The van der Waals surface area contributed by atoms with Gasteiger partial charge in [0.05, 0.1) is 5.73 Å². The van der Waals surface area contributed by atoms with Gasteiger partial charge in [-0.05, 0) is 31.0 Å². The maximum Gasteiger partial charge on any atom is 0.349 e. The van der Waals surface area contributed by atoms with Crippen molar-refractivity contribution in [1.82, 2.24) is 0 Å². The molecule has 0 aromatic rings. The smallest absolute Gasteiger partial charge is 0.349 e. The molecular weight excluding hydrogens is 292 g/mol. The molecule has 3 unspecified atom stereocenters. The van der Waals surface area contributed by atoms with Crippen LogP contribution in [0.15, 0.2) is 0 Å². The van der Waals surface area contributed by atoms with Crippen molar-refractivity contribution in [3.8, 4) is 0 Å². The summed E-state index contributed by atoms with van der Waals surface area (Å²) in [6, 6.07) is 3.01. The first kappa shape index (κ1) is 17.5. The van der Waals surface area contributed by atoms with Crippen molar-refractivity contribution in [3.63, 3.8) is 0 Å². The van der Waals surface area contributed by atoms with Gasteiger partial charge in [0.25, 0.3) is 0 Å². The van der Waals surface area contributed by atoms with E-state index >= 15 is 0 Å². The van der Waals surface area contributed by atoms with Crippen LogP contribution in [0.5, 0.6) is 0 Å². The summed E-state index contributed by atoms with van der Waals surface area (Å²) in [6.45, 7) is 13.8. The molecule has 4 nitrogen and oxygen atoms in total. The normalized spacial score (nSPS) is 33.6. The maximum atomic E-state index is 6.34. The Labute approximate surface area is 122 Å². The fourth-order valence-corrected chi connectivity index (χ4v) is 15.9. The van der Waals surface area contributed by atoms with E-state index in [-0.39, 0.29) is 5.73 Å². The van der Waals surface area contributed by atoms with Gasteiger partial charge in [-0.25, -0.2) is 0 Å². The summed E-state index contributed by atoms with van der Waals surface area (Å²) in [4.78, 5) is 0. The molecule has 1 heterocycles. The Bertz CT molecular complexity index is 253. The lowest BCUT2D eigenvalue weighted by molar-refractivity contribution is 0.0601. The summed E-state index contributed by atoms with van der Waals surface area (Å²) in [5.41, 5.74) is 0.104. The average Bonchev–Trinajstić information content (AvgIpc) is 2.43. The summed E-state index contributed by atoms with van der Waals surface area (Å²) >= 11 is 0. The van der Waals surface area contributed by atoms with Crippen LogP contribution in [-0.2, 0) is 17.1 Å². The lowest BCUT2D eigenvalue weighted by Gasteiger charge is -2.44. The highest BCUT2D eigenvalue weighted by Gasteiger charge is 2.50. The van der Waals surface area contributed by atoms with E-state index in [4.69, 9.17) is 17.1 Å². The third-order valence-electron chi connectivity index (χ3n) is 3.42. The Morgan fingerprint density at radius 3 is 1.89 bits per heavy atom. The van der Waals surface area contributed by atoms with Gasteiger partial charge in [-0.15, -0.1) is 0 Å². The lowest BCUT2D eigenvalue weighted by atomic mass is 10.2. The van der Waals surface area contributed by atoms with Crippen molar-refractivity contribution in [2.45, 2.75) is 65.4 Å². The average molecular weight is 323 g/mol. The predicted molar refractivity (Wildman–Crippen MR) is 85.0 cm³/mol. The van der Waals surface area contributed by atoms with Gasteiger partial charge in [-0.1, -0.05) is 34.6 Å². The van der Waals surface area contributed by atoms with Crippen molar-refractivity contribution in [2.75, 3.05) is 6.61 Å². The fraction of sp³-hybridized carbons (Fsp3) is 1.00. The molecule has 0 N–H and O–H groups in total. The Hall–Kier alpha value is 0.491. The van der Waals surface area contributed by atoms with Crippen LogP contribution in [0, 0.1) is 5.92 Å². The molecule has 1 aliphatic rings. The standard InChI is InChI=1S/C12H30O4Si3/c1-7-17-14-18(8-2)16-19(9-3,15-17)12(6)13-10-11(4)5/h11-12,17-18H,7-10H2,1-6H3. The van der Waals surface area contributed by atoms with Gasteiger partial charge in [0, 0.05) is 6.61 Å². The molecule has 0 aromatic carbocycles. The van der Waals surface area contributed by atoms with E-state index in [0.717, 1.165) is 24.7 Å². The molecule has 0 saturated carbocycles. The highest BCUT2D eigenvalue weighted by Crippen LogP contribution is 2.29. The van der Waals surface area contributed by atoms with Crippen LogP contribution in [0.4, 0.5) is 0 Å². The first-order valence-electron chi connectivity index (χ1n) is 7.60. The molecule has 0 aromatic heterocycles.